The van der Waals surface area contributed by atoms with Crippen LogP contribution in [0.1, 0.15) is 65.2 Å². The SMILES string of the molecule is CCCCCC1(C)CCCCCN1. The Morgan fingerprint density at radius 3 is 2.77 bits per heavy atom. The van der Waals surface area contributed by atoms with Crippen LogP contribution in [0.15, 0.2) is 0 Å². The zero-order valence-electron chi connectivity index (χ0n) is 9.36. The fourth-order valence-corrected chi connectivity index (χ4v) is 2.27. The second kappa shape index (κ2) is 5.64. The number of hydrogen-bond donors (Lipinski definition) is 1. The van der Waals surface area contributed by atoms with E-state index in [1.54, 1.807) is 0 Å². The van der Waals surface area contributed by atoms with Crippen LogP contribution in [0.2, 0.25) is 0 Å². The van der Waals surface area contributed by atoms with E-state index in [4.69, 9.17) is 0 Å². The van der Waals surface area contributed by atoms with Crippen LogP contribution in [-0.2, 0) is 0 Å². The van der Waals surface area contributed by atoms with Gasteiger partial charge in [-0.05, 0) is 32.7 Å². The van der Waals surface area contributed by atoms with Crippen molar-refractivity contribution in [3.63, 3.8) is 0 Å². The molecule has 13 heavy (non-hydrogen) atoms. The van der Waals surface area contributed by atoms with Crippen LogP contribution in [0.5, 0.6) is 0 Å². The van der Waals surface area contributed by atoms with Gasteiger partial charge in [-0.15, -0.1) is 0 Å². The fourth-order valence-electron chi connectivity index (χ4n) is 2.27. The van der Waals surface area contributed by atoms with E-state index in [0.29, 0.717) is 5.54 Å². The number of nitrogens with one attached hydrogen (secondary N) is 1. The summed E-state index contributed by atoms with van der Waals surface area (Å²) in [6.45, 7) is 5.93. The normalized spacial score (nSPS) is 30.0. The minimum Gasteiger partial charge on any atom is -0.312 e. The Hall–Kier alpha value is -0.0400. The average molecular weight is 183 g/mol. The summed E-state index contributed by atoms with van der Waals surface area (Å²) in [5.41, 5.74) is 0.464. The van der Waals surface area contributed by atoms with Gasteiger partial charge in [0.25, 0.3) is 0 Å². The van der Waals surface area contributed by atoms with Gasteiger partial charge in [-0.1, -0.05) is 39.0 Å². The van der Waals surface area contributed by atoms with E-state index in [-0.39, 0.29) is 0 Å². The lowest BCUT2D eigenvalue weighted by Crippen LogP contribution is -2.41. The zero-order chi connectivity index (χ0) is 9.57. The lowest BCUT2D eigenvalue weighted by Gasteiger charge is -2.29. The van der Waals surface area contributed by atoms with E-state index in [0.717, 1.165) is 0 Å². The predicted molar refractivity (Wildman–Crippen MR) is 59.0 cm³/mol. The summed E-state index contributed by atoms with van der Waals surface area (Å²) in [5, 5.41) is 3.72. The molecule has 0 radical (unpaired) electrons. The summed E-state index contributed by atoms with van der Waals surface area (Å²) in [7, 11) is 0. The quantitative estimate of drug-likeness (QED) is 0.658. The molecule has 1 atom stereocenters. The third-order valence-corrected chi connectivity index (χ3v) is 3.29. The van der Waals surface area contributed by atoms with E-state index in [2.05, 4.69) is 19.2 Å². The van der Waals surface area contributed by atoms with Gasteiger partial charge in [-0.3, -0.25) is 0 Å². The molecule has 0 aliphatic carbocycles. The first-order chi connectivity index (χ1) is 6.27. The van der Waals surface area contributed by atoms with Crippen LogP contribution in [0.25, 0.3) is 0 Å². The molecule has 0 aromatic carbocycles. The van der Waals surface area contributed by atoms with Gasteiger partial charge in [0.1, 0.15) is 0 Å². The van der Waals surface area contributed by atoms with Crippen molar-refractivity contribution in [1.82, 2.24) is 5.32 Å². The maximum absolute atomic E-state index is 3.72. The van der Waals surface area contributed by atoms with Crippen LogP contribution in [0, 0.1) is 0 Å². The first kappa shape index (κ1) is 11.0. The largest absolute Gasteiger partial charge is 0.312 e. The van der Waals surface area contributed by atoms with Crippen molar-refractivity contribution in [2.24, 2.45) is 0 Å². The minimum atomic E-state index is 0.464. The van der Waals surface area contributed by atoms with E-state index in [1.165, 1.54) is 57.9 Å². The molecule has 1 heterocycles. The van der Waals surface area contributed by atoms with Gasteiger partial charge in [-0.25, -0.2) is 0 Å². The Bertz CT molecular complexity index is 123. The zero-order valence-corrected chi connectivity index (χ0v) is 9.36. The smallest absolute Gasteiger partial charge is 0.0153 e. The van der Waals surface area contributed by atoms with Gasteiger partial charge in [0.15, 0.2) is 0 Å². The van der Waals surface area contributed by atoms with Gasteiger partial charge in [0, 0.05) is 5.54 Å². The molecule has 0 spiro atoms. The molecule has 1 unspecified atom stereocenters. The number of unbranched alkanes of at least 4 members (excludes halogenated alkanes) is 2. The molecule has 0 bridgehead atoms. The van der Waals surface area contributed by atoms with Crippen LogP contribution in [0.3, 0.4) is 0 Å². The lowest BCUT2D eigenvalue weighted by atomic mass is 9.90. The van der Waals surface area contributed by atoms with Crippen molar-refractivity contribution < 1.29 is 0 Å². The van der Waals surface area contributed by atoms with Crippen LogP contribution in [-0.4, -0.2) is 12.1 Å². The van der Waals surface area contributed by atoms with Crippen molar-refractivity contribution in [3.8, 4) is 0 Å². The summed E-state index contributed by atoms with van der Waals surface area (Å²) in [4.78, 5) is 0. The van der Waals surface area contributed by atoms with E-state index < -0.39 is 0 Å². The second-order valence-corrected chi connectivity index (χ2v) is 4.76. The maximum atomic E-state index is 3.72. The van der Waals surface area contributed by atoms with Gasteiger partial charge < -0.3 is 5.32 Å². The summed E-state index contributed by atoms with van der Waals surface area (Å²) in [5.74, 6) is 0. The van der Waals surface area contributed by atoms with Crippen molar-refractivity contribution >= 4 is 0 Å². The predicted octanol–water partition coefficient (Wildman–Crippen LogP) is 3.49. The Labute approximate surface area is 83.3 Å². The highest BCUT2D eigenvalue weighted by Gasteiger charge is 2.23. The Morgan fingerprint density at radius 1 is 1.15 bits per heavy atom. The van der Waals surface area contributed by atoms with Crippen LogP contribution in [0.4, 0.5) is 0 Å². The molecule has 1 heteroatoms. The molecule has 0 saturated carbocycles. The van der Waals surface area contributed by atoms with Crippen molar-refractivity contribution in [3.05, 3.63) is 0 Å². The summed E-state index contributed by atoms with van der Waals surface area (Å²) in [6, 6.07) is 0. The standard InChI is InChI=1S/C12H25N/c1-3-4-6-9-12(2)10-7-5-8-11-13-12/h13H,3-11H2,1-2H3. The average Bonchev–Trinajstić information content (AvgIpc) is 2.31. The van der Waals surface area contributed by atoms with Crippen molar-refractivity contribution in [1.29, 1.82) is 0 Å². The van der Waals surface area contributed by atoms with Gasteiger partial charge >= 0.3 is 0 Å². The minimum absolute atomic E-state index is 0.464. The first-order valence-electron chi connectivity index (χ1n) is 6.02. The Morgan fingerprint density at radius 2 is 2.00 bits per heavy atom. The van der Waals surface area contributed by atoms with Crippen LogP contribution < -0.4 is 5.32 Å². The molecule has 1 fully saturated rings. The van der Waals surface area contributed by atoms with E-state index >= 15 is 0 Å². The van der Waals surface area contributed by atoms with Gasteiger partial charge in [-0.2, -0.15) is 0 Å². The molecule has 0 amide bonds. The summed E-state index contributed by atoms with van der Waals surface area (Å²) in [6.07, 6.45) is 11.1. The third-order valence-electron chi connectivity index (χ3n) is 3.29. The third kappa shape index (κ3) is 4.12. The highest BCUT2D eigenvalue weighted by atomic mass is 15.0. The molecule has 1 N–H and O–H groups in total. The van der Waals surface area contributed by atoms with Gasteiger partial charge in [0.2, 0.25) is 0 Å². The second-order valence-electron chi connectivity index (χ2n) is 4.76. The highest BCUT2D eigenvalue weighted by molar-refractivity contribution is 4.84. The summed E-state index contributed by atoms with van der Waals surface area (Å²) >= 11 is 0. The van der Waals surface area contributed by atoms with E-state index in [9.17, 15) is 0 Å². The molecular formula is C12H25N. The van der Waals surface area contributed by atoms with Gasteiger partial charge in [0.05, 0.1) is 0 Å². The molecule has 0 aromatic rings. The van der Waals surface area contributed by atoms with E-state index in [1.807, 2.05) is 0 Å². The number of rotatable bonds is 4. The monoisotopic (exact) mass is 183 g/mol. The maximum Gasteiger partial charge on any atom is 0.0153 e. The van der Waals surface area contributed by atoms with Crippen molar-refractivity contribution in [2.45, 2.75) is 70.8 Å². The number of hydrogen-bond acceptors (Lipinski definition) is 1. The Kier molecular flexibility index (Phi) is 4.79. The first-order valence-corrected chi connectivity index (χ1v) is 6.02. The molecule has 78 valence electrons. The molecule has 1 saturated heterocycles. The highest BCUT2D eigenvalue weighted by Crippen LogP contribution is 2.24. The summed E-state index contributed by atoms with van der Waals surface area (Å²) < 4.78 is 0. The molecule has 1 rings (SSSR count). The lowest BCUT2D eigenvalue weighted by molar-refractivity contribution is 0.313. The van der Waals surface area contributed by atoms with Crippen LogP contribution >= 0.6 is 0 Å². The fraction of sp³-hybridized carbons (Fsp3) is 1.00. The molecule has 1 aliphatic rings. The molecular weight excluding hydrogens is 158 g/mol. The van der Waals surface area contributed by atoms with Crippen molar-refractivity contribution in [2.75, 3.05) is 6.54 Å². The Balaban J connectivity index is 2.25. The molecule has 0 aromatic heterocycles. The molecule has 1 aliphatic heterocycles. The molecule has 1 nitrogen and oxygen atoms in total. The topological polar surface area (TPSA) is 12.0 Å².